The molecule has 0 aromatic carbocycles. The van der Waals surface area contributed by atoms with Gasteiger partial charge in [0.2, 0.25) is 0 Å². The smallest absolute Gasteiger partial charge is 0.271 e. The first-order valence-corrected chi connectivity index (χ1v) is 7.98. The summed E-state index contributed by atoms with van der Waals surface area (Å²) in [7, 11) is 3.41. The standard InChI is InChI=1S/C16H21N5O3/c1-20-13(7-8-18-20)15-11(4-3-9-24-15)10-17-16(23)12-5-6-14(22)21(2)19-12/h5-8,11,15H,3-4,9-10H2,1-2H3,(H,17,23)/t11-,15+/m0/s1. The molecule has 0 spiro atoms. The van der Waals surface area contributed by atoms with Crippen molar-refractivity contribution < 1.29 is 9.53 Å². The zero-order chi connectivity index (χ0) is 17.1. The normalized spacial score (nSPS) is 20.8. The first-order chi connectivity index (χ1) is 11.6. The van der Waals surface area contributed by atoms with Gasteiger partial charge in [-0.3, -0.25) is 14.3 Å². The van der Waals surface area contributed by atoms with Crippen LogP contribution in [0.4, 0.5) is 0 Å². The number of carbonyl (C=O) groups is 1. The molecule has 2 aromatic heterocycles. The van der Waals surface area contributed by atoms with Gasteiger partial charge in [0.15, 0.2) is 0 Å². The number of rotatable bonds is 4. The number of amides is 1. The summed E-state index contributed by atoms with van der Waals surface area (Å²) in [5.74, 6) is -0.120. The monoisotopic (exact) mass is 331 g/mol. The highest BCUT2D eigenvalue weighted by Crippen LogP contribution is 2.32. The minimum atomic E-state index is -0.292. The molecule has 1 aliphatic heterocycles. The van der Waals surface area contributed by atoms with Crippen molar-refractivity contribution >= 4 is 5.91 Å². The fourth-order valence-corrected chi connectivity index (χ4v) is 2.98. The Balaban J connectivity index is 1.67. The quantitative estimate of drug-likeness (QED) is 0.876. The summed E-state index contributed by atoms with van der Waals surface area (Å²) in [6, 6.07) is 4.72. The average Bonchev–Trinajstić information content (AvgIpc) is 3.01. The van der Waals surface area contributed by atoms with Crippen LogP contribution < -0.4 is 10.9 Å². The van der Waals surface area contributed by atoms with Crippen molar-refractivity contribution in [2.45, 2.75) is 18.9 Å². The molecular weight excluding hydrogens is 310 g/mol. The maximum absolute atomic E-state index is 12.3. The van der Waals surface area contributed by atoms with Gasteiger partial charge in [-0.25, -0.2) is 4.68 Å². The predicted octanol–water partition coefficient (Wildman–Crippen LogP) is 0.411. The molecular formula is C16H21N5O3. The van der Waals surface area contributed by atoms with Crippen molar-refractivity contribution in [1.82, 2.24) is 24.9 Å². The van der Waals surface area contributed by atoms with Crippen LogP contribution in [0.1, 0.15) is 35.1 Å². The third-order valence-corrected chi connectivity index (χ3v) is 4.31. The average molecular weight is 331 g/mol. The Bertz CT molecular complexity index is 782. The van der Waals surface area contributed by atoms with Gasteiger partial charge in [-0.1, -0.05) is 0 Å². The van der Waals surface area contributed by atoms with E-state index < -0.39 is 0 Å². The highest BCUT2D eigenvalue weighted by Gasteiger charge is 2.29. The van der Waals surface area contributed by atoms with Crippen LogP contribution in [0.5, 0.6) is 0 Å². The highest BCUT2D eigenvalue weighted by molar-refractivity contribution is 5.91. The predicted molar refractivity (Wildman–Crippen MR) is 86.4 cm³/mol. The van der Waals surface area contributed by atoms with Crippen molar-refractivity contribution in [1.29, 1.82) is 0 Å². The summed E-state index contributed by atoms with van der Waals surface area (Å²) in [6.45, 7) is 1.20. The number of carbonyl (C=O) groups excluding carboxylic acids is 1. The SMILES string of the molecule is Cn1nccc1[C@@H]1OCCC[C@H]1CNC(=O)c1ccc(=O)n(C)n1. The van der Waals surface area contributed by atoms with E-state index in [0.29, 0.717) is 13.2 Å². The molecule has 0 bridgehead atoms. The third-order valence-electron chi connectivity index (χ3n) is 4.31. The maximum atomic E-state index is 12.3. The lowest BCUT2D eigenvalue weighted by Gasteiger charge is -2.31. The largest absolute Gasteiger partial charge is 0.372 e. The summed E-state index contributed by atoms with van der Waals surface area (Å²) in [4.78, 5) is 23.6. The summed E-state index contributed by atoms with van der Waals surface area (Å²) < 4.78 is 8.87. The molecule has 0 aliphatic carbocycles. The highest BCUT2D eigenvalue weighted by atomic mass is 16.5. The van der Waals surface area contributed by atoms with Gasteiger partial charge in [0.05, 0.1) is 5.69 Å². The molecule has 8 heteroatoms. The minimum absolute atomic E-state index is 0.0837. The van der Waals surface area contributed by atoms with Crippen molar-refractivity contribution in [3.8, 4) is 0 Å². The molecule has 2 aromatic rings. The van der Waals surface area contributed by atoms with Gasteiger partial charge in [-0.15, -0.1) is 0 Å². The van der Waals surface area contributed by atoms with Gasteiger partial charge in [0.1, 0.15) is 11.8 Å². The van der Waals surface area contributed by atoms with Crippen molar-refractivity contribution in [3.05, 3.63) is 46.1 Å². The Labute approximate surface area is 139 Å². The van der Waals surface area contributed by atoms with Gasteiger partial charge in [-0.2, -0.15) is 10.2 Å². The molecule has 1 amide bonds. The van der Waals surface area contributed by atoms with Crippen LogP contribution in [0, 0.1) is 5.92 Å². The lowest BCUT2D eigenvalue weighted by atomic mass is 9.92. The first kappa shape index (κ1) is 16.4. The molecule has 3 heterocycles. The molecule has 0 unspecified atom stereocenters. The second kappa shape index (κ2) is 6.96. The van der Waals surface area contributed by atoms with E-state index in [0.717, 1.165) is 23.2 Å². The Kier molecular flexibility index (Phi) is 4.75. The third kappa shape index (κ3) is 3.38. The van der Waals surface area contributed by atoms with Gasteiger partial charge < -0.3 is 10.1 Å². The van der Waals surface area contributed by atoms with Crippen LogP contribution >= 0.6 is 0 Å². The van der Waals surface area contributed by atoms with Crippen molar-refractivity contribution in [3.63, 3.8) is 0 Å². The Morgan fingerprint density at radius 1 is 1.33 bits per heavy atom. The van der Waals surface area contributed by atoms with Crippen LogP contribution in [0.15, 0.2) is 29.2 Å². The lowest BCUT2D eigenvalue weighted by Crippen LogP contribution is -2.36. The van der Waals surface area contributed by atoms with Crippen LogP contribution in [-0.2, 0) is 18.8 Å². The van der Waals surface area contributed by atoms with E-state index >= 15 is 0 Å². The summed E-state index contributed by atoms with van der Waals surface area (Å²) >= 11 is 0. The number of hydrogen-bond donors (Lipinski definition) is 1. The van der Waals surface area contributed by atoms with Gasteiger partial charge in [0.25, 0.3) is 11.5 Å². The van der Waals surface area contributed by atoms with Crippen LogP contribution in [0.2, 0.25) is 0 Å². The fraction of sp³-hybridized carbons (Fsp3) is 0.500. The number of nitrogens with zero attached hydrogens (tertiary/aromatic N) is 4. The molecule has 0 radical (unpaired) electrons. The number of aryl methyl sites for hydroxylation is 2. The molecule has 1 fully saturated rings. The van der Waals surface area contributed by atoms with E-state index in [1.54, 1.807) is 10.9 Å². The zero-order valence-electron chi connectivity index (χ0n) is 13.8. The summed E-state index contributed by atoms with van der Waals surface area (Å²) in [5, 5.41) is 11.1. The van der Waals surface area contributed by atoms with Crippen molar-refractivity contribution in [2.75, 3.05) is 13.2 Å². The van der Waals surface area contributed by atoms with E-state index in [1.807, 2.05) is 13.1 Å². The van der Waals surface area contributed by atoms with Crippen LogP contribution in [0.25, 0.3) is 0 Å². The van der Waals surface area contributed by atoms with E-state index in [1.165, 1.54) is 19.2 Å². The molecule has 3 rings (SSSR count). The fourth-order valence-electron chi connectivity index (χ4n) is 2.98. The van der Waals surface area contributed by atoms with Gasteiger partial charge in [-0.05, 0) is 25.0 Å². The second-order valence-corrected chi connectivity index (χ2v) is 5.96. The van der Waals surface area contributed by atoms with E-state index in [2.05, 4.69) is 15.5 Å². The molecule has 8 nitrogen and oxygen atoms in total. The van der Waals surface area contributed by atoms with E-state index in [9.17, 15) is 9.59 Å². The Morgan fingerprint density at radius 3 is 2.88 bits per heavy atom. The molecule has 0 saturated carbocycles. The Hall–Kier alpha value is -2.48. The first-order valence-electron chi connectivity index (χ1n) is 7.98. The second-order valence-electron chi connectivity index (χ2n) is 5.96. The van der Waals surface area contributed by atoms with Crippen LogP contribution in [0.3, 0.4) is 0 Å². The number of aromatic nitrogens is 4. The number of nitrogens with one attached hydrogen (secondary N) is 1. The van der Waals surface area contributed by atoms with Gasteiger partial charge >= 0.3 is 0 Å². The topological polar surface area (TPSA) is 91.0 Å². The molecule has 2 atom stereocenters. The maximum Gasteiger partial charge on any atom is 0.271 e. The van der Waals surface area contributed by atoms with Crippen LogP contribution in [-0.4, -0.2) is 38.6 Å². The number of hydrogen-bond acceptors (Lipinski definition) is 5. The molecule has 1 aliphatic rings. The van der Waals surface area contributed by atoms with E-state index in [4.69, 9.17) is 4.74 Å². The lowest BCUT2D eigenvalue weighted by molar-refractivity contribution is -0.0317. The Morgan fingerprint density at radius 2 is 2.17 bits per heavy atom. The summed E-state index contributed by atoms with van der Waals surface area (Å²) in [5.41, 5.74) is 0.989. The molecule has 128 valence electrons. The van der Waals surface area contributed by atoms with Crippen molar-refractivity contribution in [2.24, 2.45) is 20.0 Å². The van der Waals surface area contributed by atoms with E-state index in [-0.39, 0.29) is 29.2 Å². The number of ether oxygens (including phenoxy) is 1. The molecule has 24 heavy (non-hydrogen) atoms. The molecule has 1 saturated heterocycles. The van der Waals surface area contributed by atoms with Gasteiger partial charge in [0, 0.05) is 45.4 Å². The molecule has 1 N–H and O–H groups in total. The minimum Gasteiger partial charge on any atom is -0.372 e. The summed E-state index contributed by atoms with van der Waals surface area (Å²) in [6.07, 6.45) is 3.60. The zero-order valence-corrected chi connectivity index (χ0v) is 13.8.